The molecule has 64 heavy (non-hydrogen) atoms. The van der Waals surface area contributed by atoms with Crippen LogP contribution >= 0.6 is 0 Å². The Morgan fingerprint density at radius 2 is 1.31 bits per heavy atom. The number of ether oxygens (including phenoxy) is 8. The fraction of sp³-hybridized carbons (Fsp3) is 0.750. The van der Waals surface area contributed by atoms with Crippen LogP contribution in [0.4, 0.5) is 0 Å². The van der Waals surface area contributed by atoms with Crippen molar-refractivity contribution in [2.24, 2.45) is 45.3 Å². The van der Waals surface area contributed by atoms with Gasteiger partial charge in [0.15, 0.2) is 30.4 Å². The summed E-state index contributed by atoms with van der Waals surface area (Å²) in [6, 6.07) is 0. The van der Waals surface area contributed by atoms with Crippen molar-refractivity contribution in [1.29, 1.82) is 0 Å². The number of ketones is 1. The van der Waals surface area contributed by atoms with E-state index in [1.54, 1.807) is 6.92 Å². The molecule has 0 radical (unpaired) electrons. The predicted molar refractivity (Wildman–Crippen MR) is 226 cm³/mol. The second kappa shape index (κ2) is 19.2. The Labute approximate surface area is 376 Å². The Kier molecular flexibility index (Phi) is 15.2. The van der Waals surface area contributed by atoms with Crippen LogP contribution in [0.3, 0.4) is 0 Å². The van der Waals surface area contributed by atoms with Crippen LogP contribution in [0.5, 0.6) is 0 Å². The average Bonchev–Trinajstić information content (AvgIpc) is 3.46. The minimum absolute atomic E-state index is 0.0268. The first kappa shape index (κ1) is 50.6. The first-order valence-corrected chi connectivity index (χ1v) is 22.4. The molecule has 3 saturated carbocycles. The Morgan fingerprint density at radius 1 is 0.734 bits per heavy atom. The van der Waals surface area contributed by atoms with Crippen LogP contribution in [-0.2, 0) is 76.3 Å². The van der Waals surface area contributed by atoms with Gasteiger partial charge in [0.2, 0.25) is 0 Å². The molecular weight excluding hydrogens is 833 g/mol. The Balaban J connectivity index is 1.52. The molecule has 4 fully saturated rings. The number of hydrogen-bond acceptors (Lipinski definition) is 16. The minimum Gasteiger partial charge on any atom is -0.463 e. The van der Waals surface area contributed by atoms with E-state index in [0.29, 0.717) is 32.1 Å². The zero-order valence-electron chi connectivity index (χ0n) is 39.5. The highest BCUT2D eigenvalue weighted by atomic mass is 16.7. The second-order valence-electron chi connectivity index (χ2n) is 19.9. The van der Waals surface area contributed by atoms with Crippen molar-refractivity contribution in [3.8, 4) is 0 Å². The third kappa shape index (κ3) is 9.59. The van der Waals surface area contributed by atoms with Gasteiger partial charge in [-0.1, -0.05) is 46.8 Å². The van der Waals surface area contributed by atoms with Crippen molar-refractivity contribution in [2.45, 2.75) is 177 Å². The summed E-state index contributed by atoms with van der Waals surface area (Å²) in [5, 5.41) is 0. The van der Waals surface area contributed by atoms with Gasteiger partial charge in [0.1, 0.15) is 37.3 Å². The lowest BCUT2D eigenvalue weighted by Crippen LogP contribution is -2.65. The normalized spacial score (nSPS) is 37.0. The van der Waals surface area contributed by atoms with Gasteiger partial charge in [-0.25, -0.2) is 0 Å². The molecule has 0 aromatic carbocycles. The molecule has 0 bridgehead atoms. The van der Waals surface area contributed by atoms with E-state index in [1.807, 2.05) is 26.8 Å². The molecule has 0 N–H and O–H groups in total. The van der Waals surface area contributed by atoms with Gasteiger partial charge in [0.25, 0.3) is 0 Å². The number of aldehydes is 1. The lowest BCUT2D eigenvalue weighted by Gasteiger charge is -2.66. The minimum atomic E-state index is -1.58. The zero-order chi connectivity index (χ0) is 47.9. The van der Waals surface area contributed by atoms with Gasteiger partial charge in [-0.15, -0.1) is 0 Å². The SMILES string of the molecule is C=C(C)C(=O)C(CC(C)C1CCC2(C)C3C(OC(C)=O)C=C4C(CCC(OC(C)=O)C4(C)C)C3(C=O)CCC12C)OC1OC(COC(C)=O)C(OC(C)=O)C(OC(C)=O)C1OC(C)=O. The third-order valence-corrected chi connectivity index (χ3v) is 15.5. The van der Waals surface area contributed by atoms with E-state index in [9.17, 15) is 38.4 Å². The van der Waals surface area contributed by atoms with Crippen LogP contribution in [0.25, 0.3) is 0 Å². The number of Topliss-reactive ketones (excluding diaryl/α,β-unsaturated/α-hetero) is 1. The quantitative estimate of drug-likeness (QED) is 0.0617. The van der Waals surface area contributed by atoms with E-state index in [1.165, 1.54) is 20.8 Å². The van der Waals surface area contributed by atoms with Crippen molar-refractivity contribution >= 4 is 47.9 Å². The Morgan fingerprint density at radius 3 is 1.86 bits per heavy atom. The van der Waals surface area contributed by atoms with Gasteiger partial charge in [0.05, 0.1) is 0 Å². The monoisotopic (exact) mass is 900 g/mol. The van der Waals surface area contributed by atoms with Crippen molar-refractivity contribution in [1.82, 2.24) is 0 Å². The summed E-state index contributed by atoms with van der Waals surface area (Å²) in [6.45, 7) is 22.8. The maximum absolute atomic E-state index is 14.1. The van der Waals surface area contributed by atoms with Crippen LogP contribution in [0.1, 0.15) is 128 Å². The highest BCUT2D eigenvalue weighted by Gasteiger charge is 2.72. The van der Waals surface area contributed by atoms with Gasteiger partial charge in [-0.2, -0.15) is 0 Å². The van der Waals surface area contributed by atoms with Gasteiger partial charge in [0, 0.05) is 58.3 Å². The molecule has 0 aromatic rings. The molecule has 1 heterocycles. The van der Waals surface area contributed by atoms with Crippen LogP contribution in [0.2, 0.25) is 0 Å². The summed E-state index contributed by atoms with van der Waals surface area (Å²) in [6.07, 6.45) is -2.55. The van der Waals surface area contributed by atoms with Gasteiger partial charge >= 0.3 is 35.8 Å². The zero-order valence-corrected chi connectivity index (χ0v) is 39.5. The first-order valence-electron chi connectivity index (χ1n) is 22.4. The molecule has 15 atom stereocenters. The van der Waals surface area contributed by atoms with Crippen molar-refractivity contribution in [2.75, 3.05) is 6.61 Å². The molecule has 15 unspecified atom stereocenters. The molecule has 0 aromatic heterocycles. The van der Waals surface area contributed by atoms with Crippen molar-refractivity contribution in [3.05, 3.63) is 23.8 Å². The lowest BCUT2D eigenvalue weighted by molar-refractivity contribution is -0.315. The molecule has 0 spiro atoms. The standard InChI is InChI=1S/C48H68O16/c1-24(2)39(56)35(63-44-42(62-31(9)55)41(61-30(8)54)40(60-29(7)53)37(64-44)22-57-26(4)50)20-25(3)32-16-17-47(13)43-36(58-27(5)51)21-34-33(48(43,23-49)19-18-46(32,47)12)14-15-38(45(34,10)11)59-28(6)52/h21,23,25,32-33,35-38,40-44H,1,14-20,22H2,2-13H3. The van der Waals surface area contributed by atoms with E-state index in [0.717, 1.165) is 39.1 Å². The summed E-state index contributed by atoms with van der Waals surface area (Å²) >= 11 is 0. The first-order chi connectivity index (χ1) is 29.7. The molecule has 356 valence electrons. The molecule has 4 aliphatic carbocycles. The van der Waals surface area contributed by atoms with Crippen molar-refractivity contribution in [3.63, 3.8) is 0 Å². The Hall–Kier alpha value is -4.44. The van der Waals surface area contributed by atoms with E-state index in [-0.39, 0.29) is 41.6 Å². The highest BCUT2D eigenvalue weighted by Crippen LogP contribution is 2.75. The highest BCUT2D eigenvalue weighted by molar-refractivity contribution is 5.97. The fourth-order valence-electron chi connectivity index (χ4n) is 12.7. The molecule has 16 nitrogen and oxygen atoms in total. The van der Waals surface area contributed by atoms with E-state index >= 15 is 0 Å². The van der Waals surface area contributed by atoms with Gasteiger partial charge in [-0.05, 0) is 92.1 Å². The molecular formula is C48H68O16. The van der Waals surface area contributed by atoms with Gasteiger partial charge < -0.3 is 42.7 Å². The number of esters is 6. The summed E-state index contributed by atoms with van der Waals surface area (Å²) in [5.74, 6) is -5.16. The Bertz CT molecular complexity index is 1920. The maximum Gasteiger partial charge on any atom is 0.303 e. The van der Waals surface area contributed by atoms with Gasteiger partial charge in [-0.3, -0.25) is 33.6 Å². The molecule has 5 aliphatic rings. The van der Waals surface area contributed by atoms with Crippen LogP contribution in [0, 0.1) is 45.3 Å². The predicted octanol–water partition coefficient (Wildman–Crippen LogP) is 5.88. The largest absolute Gasteiger partial charge is 0.463 e. The summed E-state index contributed by atoms with van der Waals surface area (Å²) < 4.78 is 46.8. The number of fused-ring (bicyclic) bond motifs is 5. The molecule has 16 heteroatoms. The number of carbonyl (C=O) groups excluding carboxylic acids is 8. The smallest absolute Gasteiger partial charge is 0.303 e. The fourth-order valence-corrected chi connectivity index (χ4v) is 12.7. The number of hydrogen-bond donors (Lipinski definition) is 0. The van der Waals surface area contributed by atoms with E-state index < -0.39 is 113 Å². The molecule has 1 saturated heterocycles. The molecule has 1 aliphatic heterocycles. The van der Waals surface area contributed by atoms with Crippen LogP contribution < -0.4 is 0 Å². The summed E-state index contributed by atoms with van der Waals surface area (Å²) in [5.41, 5.74) is -1.30. The van der Waals surface area contributed by atoms with Crippen LogP contribution in [0.15, 0.2) is 23.8 Å². The second-order valence-corrected chi connectivity index (χ2v) is 19.9. The molecule has 5 rings (SSSR count). The van der Waals surface area contributed by atoms with Crippen LogP contribution in [-0.4, -0.2) is 104 Å². The summed E-state index contributed by atoms with van der Waals surface area (Å²) in [4.78, 5) is 102. The summed E-state index contributed by atoms with van der Waals surface area (Å²) in [7, 11) is 0. The maximum atomic E-state index is 14.1. The van der Waals surface area contributed by atoms with Crippen molar-refractivity contribution < 1.29 is 76.3 Å². The number of carbonyl (C=O) groups is 8. The lowest BCUT2D eigenvalue weighted by atomic mass is 9.38. The van der Waals surface area contributed by atoms with E-state index in [4.69, 9.17) is 37.9 Å². The third-order valence-electron chi connectivity index (χ3n) is 15.5. The topological polar surface area (TPSA) is 210 Å². The molecule has 0 amide bonds. The average molecular weight is 901 g/mol. The number of rotatable bonds is 15. The van der Waals surface area contributed by atoms with E-state index in [2.05, 4.69) is 20.4 Å².